The Labute approximate surface area is 187 Å². The average molecular weight is 429 g/mol. The van der Waals surface area contributed by atoms with Gasteiger partial charge in [0.25, 0.3) is 5.91 Å². The lowest BCUT2D eigenvalue weighted by Crippen LogP contribution is -2.28. The Morgan fingerprint density at radius 3 is 2.32 bits per heavy atom. The second-order valence-corrected chi connectivity index (χ2v) is 9.24. The van der Waals surface area contributed by atoms with Crippen LogP contribution in [0, 0.1) is 5.41 Å². The highest BCUT2D eigenvalue weighted by atomic mass is 16.5. The van der Waals surface area contributed by atoms with E-state index in [-0.39, 0.29) is 11.7 Å². The number of hydrogen-bond donors (Lipinski definition) is 3. The maximum Gasteiger partial charge on any atom is 0.252 e. The summed E-state index contributed by atoms with van der Waals surface area (Å²) in [5, 5.41) is 3.33. The Balaban J connectivity index is 0.000000592. The molecule has 0 bridgehead atoms. The SMILES string of the molecule is CCCC(C)(C)C.CN=C(C1=Cc2ccc(OC(C)C)cc2NC1)/C(C(N)=O)=C(\C)N. The molecular weight excluding hydrogens is 388 g/mol. The fourth-order valence-electron chi connectivity index (χ4n) is 3.40. The van der Waals surface area contributed by atoms with Crippen molar-refractivity contribution < 1.29 is 9.53 Å². The summed E-state index contributed by atoms with van der Waals surface area (Å²) in [7, 11) is 1.62. The molecule has 0 atom stereocenters. The van der Waals surface area contributed by atoms with E-state index in [2.05, 4.69) is 38.0 Å². The average Bonchev–Trinajstić information content (AvgIpc) is 2.64. The first kappa shape index (κ1) is 26.3. The zero-order valence-corrected chi connectivity index (χ0v) is 20.4. The highest BCUT2D eigenvalue weighted by Gasteiger charge is 2.22. The molecule has 5 N–H and O–H groups in total. The largest absolute Gasteiger partial charge is 0.491 e. The number of carbonyl (C=O) groups is 1. The van der Waals surface area contributed by atoms with Gasteiger partial charge in [-0.15, -0.1) is 0 Å². The van der Waals surface area contributed by atoms with Crippen molar-refractivity contribution in [2.45, 2.75) is 67.4 Å². The number of allylic oxidation sites excluding steroid dienone is 1. The summed E-state index contributed by atoms with van der Waals surface area (Å²) >= 11 is 0. The molecule has 1 aliphatic heterocycles. The van der Waals surface area contributed by atoms with Crippen LogP contribution >= 0.6 is 0 Å². The van der Waals surface area contributed by atoms with E-state index >= 15 is 0 Å². The van der Waals surface area contributed by atoms with Gasteiger partial charge in [0.1, 0.15) is 5.75 Å². The minimum absolute atomic E-state index is 0.118. The van der Waals surface area contributed by atoms with E-state index in [1.54, 1.807) is 14.0 Å². The van der Waals surface area contributed by atoms with Crippen LogP contribution in [0.25, 0.3) is 6.08 Å². The van der Waals surface area contributed by atoms with Crippen LogP contribution in [0.4, 0.5) is 5.69 Å². The second-order valence-electron chi connectivity index (χ2n) is 9.24. The van der Waals surface area contributed by atoms with Gasteiger partial charge >= 0.3 is 0 Å². The quantitative estimate of drug-likeness (QED) is 0.443. The molecule has 31 heavy (non-hydrogen) atoms. The van der Waals surface area contributed by atoms with Crippen molar-refractivity contribution in [3.8, 4) is 5.75 Å². The maximum atomic E-state index is 11.7. The summed E-state index contributed by atoms with van der Waals surface area (Å²) in [5.41, 5.74) is 15.8. The number of fused-ring (bicyclic) bond motifs is 1. The topological polar surface area (TPSA) is 103 Å². The Morgan fingerprint density at radius 2 is 1.90 bits per heavy atom. The molecule has 6 nitrogen and oxygen atoms in total. The van der Waals surface area contributed by atoms with Crippen LogP contribution in [0.3, 0.4) is 0 Å². The van der Waals surface area contributed by atoms with Gasteiger partial charge in [0.2, 0.25) is 0 Å². The first-order valence-corrected chi connectivity index (χ1v) is 10.9. The third-order valence-corrected chi connectivity index (χ3v) is 4.60. The second kappa shape index (κ2) is 11.6. The van der Waals surface area contributed by atoms with Gasteiger partial charge in [0.05, 0.1) is 17.4 Å². The summed E-state index contributed by atoms with van der Waals surface area (Å²) in [4.78, 5) is 15.9. The van der Waals surface area contributed by atoms with Gasteiger partial charge in [0.15, 0.2) is 0 Å². The minimum atomic E-state index is -0.581. The predicted molar refractivity (Wildman–Crippen MR) is 132 cm³/mol. The number of primary amides is 1. The molecule has 2 rings (SSSR count). The zero-order valence-electron chi connectivity index (χ0n) is 20.4. The number of hydrogen-bond acceptors (Lipinski definition) is 5. The molecule has 1 aromatic rings. The number of carbonyl (C=O) groups excluding carboxylic acids is 1. The highest BCUT2D eigenvalue weighted by molar-refractivity contribution is 6.29. The van der Waals surface area contributed by atoms with Crippen molar-refractivity contribution >= 4 is 23.4 Å². The van der Waals surface area contributed by atoms with Crippen molar-refractivity contribution in [2.24, 2.45) is 21.9 Å². The first-order valence-electron chi connectivity index (χ1n) is 10.9. The number of benzene rings is 1. The fraction of sp³-hybridized carbons (Fsp3) is 0.520. The normalized spacial score (nSPS) is 14.5. The maximum absolute atomic E-state index is 11.7. The van der Waals surface area contributed by atoms with Crippen molar-refractivity contribution in [2.75, 3.05) is 18.9 Å². The van der Waals surface area contributed by atoms with Crippen LogP contribution in [-0.2, 0) is 4.79 Å². The molecule has 0 aromatic heterocycles. The molecule has 1 amide bonds. The van der Waals surface area contributed by atoms with E-state index in [1.807, 2.05) is 38.1 Å². The van der Waals surface area contributed by atoms with Gasteiger partial charge in [-0.25, -0.2) is 0 Å². The summed E-state index contributed by atoms with van der Waals surface area (Å²) < 4.78 is 5.71. The number of amides is 1. The van der Waals surface area contributed by atoms with E-state index in [0.717, 1.165) is 22.6 Å². The van der Waals surface area contributed by atoms with E-state index in [1.165, 1.54) is 12.8 Å². The Bertz CT molecular complexity index is 855. The van der Waals surface area contributed by atoms with Crippen molar-refractivity contribution in [3.05, 3.63) is 40.6 Å². The summed E-state index contributed by atoms with van der Waals surface area (Å²) in [5.74, 6) is 0.232. The van der Waals surface area contributed by atoms with Crippen LogP contribution < -0.4 is 21.5 Å². The lowest BCUT2D eigenvalue weighted by atomic mass is 9.91. The third-order valence-electron chi connectivity index (χ3n) is 4.60. The molecule has 172 valence electrons. The molecule has 0 aliphatic carbocycles. The van der Waals surface area contributed by atoms with Crippen molar-refractivity contribution in [3.63, 3.8) is 0 Å². The molecule has 0 saturated heterocycles. The zero-order chi connectivity index (χ0) is 23.8. The van der Waals surface area contributed by atoms with Crippen LogP contribution in [0.15, 0.2) is 40.0 Å². The number of rotatable bonds is 6. The van der Waals surface area contributed by atoms with Crippen LogP contribution in [0.5, 0.6) is 5.75 Å². The lowest BCUT2D eigenvalue weighted by molar-refractivity contribution is -0.114. The number of aliphatic imine (C=N–C) groups is 1. The van der Waals surface area contributed by atoms with Gasteiger partial charge in [-0.05, 0) is 62.0 Å². The van der Waals surface area contributed by atoms with Crippen molar-refractivity contribution in [1.82, 2.24) is 0 Å². The van der Waals surface area contributed by atoms with E-state index in [0.29, 0.717) is 23.4 Å². The number of ether oxygens (including phenoxy) is 1. The molecule has 0 radical (unpaired) electrons. The first-order chi connectivity index (χ1) is 14.4. The monoisotopic (exact) mass is 428 g/mol. The van der Waals surface area contributed by atoms with Crippen LogP contribution in [0.1, 0.15) is 66.9 Å². The smallest absolute Gasteiger partial charge is 0.252 e. The molecule has 0 spiro atoms. The summed E-state index contributed by atoms with van der Waals surface area (Å²) in [6.07, 6.45) is 4.75. The van der Waals surface area contributed by atoms with Gasteiger partial charge in [0, 0.05) is 31.0 Å². The third kappa shape index (κ3) is 8.48. The lowest BCUT2D eigenvalue weighted by Gasteiger charge is -2.22. The van der Waals surface area contributed by atoms with Crippen LogP contribution in [0.2, 0.25) is 0 Å². The minimum Gasteiger partial charge on any atom is -0.491 e. The molecule has 0 unspecified atom stereocenters. The fourth-order valence-corrected chi connectivity index (χ4v) is 3.40. The molecule has 1 heterocycles. The van der Waals surface area contributed by atoms with E-state index in [4.69, 9.17) is 16.2 Å². The predicted octanol–water partition coefficient (Wildman–Crippen LogP) is 4.90. The van der Waals surface area contributed by atoms with E-state index in [9.17, 15) is 4.79 Å². The molecule has 0 saturated carbocycles. The Hall–Kier alpha value is -2.76. The molecule has 1 aliphatic rings. The summed E-state index contributed by atoms with van der Waals surface area (Å²) in [6.45, 7) is 15.2. The number of nitrogens with one attached hydrogen (secondary N) is 1. The van der Waals surface area contributed by atoms with Crippen molar-refractivity contribution in [1.29, 1.82) is 0 Å². The van der Waals surface area contributed by atoms with Crippen LogP contribution in [-0.4, -0.2) is 31.3 Å². The molecule has 1 aromatic carbocycles. The van der Waals surface area contributed by atoms with E-state index < -0.39 is 5.91 Å². The highest BCUT2D eigenvalue weighted by Crippen LogP contribution is 2.30. The Morgan fingerprint density at radius 1 is 1.26 bits per heavy atom. The molecule has 6 heteroatoms. The van der Waals surface area contributed by atoms with Gasteiger partial charge in [-0.2, -0.15) is 0 Å². The van der Waals surface area contributed by atoms with Gasteiger partial charge in [-0.3, -0.25) is 9.79 Å². The van der Waals surface area contributed by atoms with Gasteiger partial charge in [-0.1, -0.05) is 34.1 Å². The Kier molecular flexibility index (Phi) is 9.82. The molecule has 0 fully saturated rings. The summed E-state index contributed by atoms with van der Waals surface area (Å²) in [6, 6.07) is 5.85. The number of anilines is 1. The molecular formula is C25H40N4O2. The number of nitrogens with zero attached hydrogens (tertiary/aromatic N) is 1. The van der Waals surface area contributed by atoms with Gasteiger partial charge < -0.3 is 21.5 Å². The standard InChI is InChI=1S/C18H24N4O2.C7H16/c1-10(2)24-14-6-5-12-7-13(9-22-15(12)8-14)17(21-4)16(11(3)19)18(20)23;1-5-6-7(2,3)4/h5-8,10,22H,9,19H2,1-4H3,(H2,20,23);5-6H2,1-4H3/b16-11-,21-17?;. The number of nitrogens with two attached hydrogens (primary N) is 2.